The Kier molecular flexibility index (Phi) is 5.81. The lowest BCUT2D eigenvalue weighted by atomic mass is 9.97. The summed E-state index contributed by atoms with van der Waals surface area (Å²) in [5, 5.41) is 4.88. The summed E-state index contributed by atoms with van der Waals surface area (Å²) in [4.78, 5) is 0. The summed E-state index contributed by atoms with van der Waals surface area (Å²) in [6.45, 7) is 5.71. The number of nitrogens with one attached hydrogen (secondary N) is 1. The smallest absolute Gasteiger partial charge is 0.0785 e. The van der Waals surface area contributed by atoms with Crippen molar-refractivity contribution in [1.82, 2.24) is 5.32 Å². The molecule has 0 aromatic heterocycles. The van der Waals surface area contributed by atoms with Crippen LogP contribution in [0.4, 0.5) is 0 Å². The topological polar surface area (TPSA) is 12.0 Å². The van der Waals surface area contributed by atoms with Crippen molar-refractivity contribution in [3.05, 3.63) is 55.5 Å². The molecule has 2 aromatic rings. The van der Waals surface area contributed by atoms with Crippen molar-refractivity contribution in [3.63, 3.8) is 0 Å². The van der Waals surface area contributed by atoms with E-state index >= 15 is 0 Å². The summed E-state index contributed by atoms with van der Waals surface area (Å²) in [5.41, 5.74) is 3.95. The first-order valence-electron chi connectivity index (χ1n) is 6.59. The Bertz CT molecular complexity index is 668. The van der Waals surface area contributed by atoms with E-state index < -0.39 is 0 Å². The highest BCUT2D eigenvalue weighted by molar-refractivity contribution is 6.51. The predicted octanol–water partition coefficient (Wildman–Crippen LogP) is 6.39. The Morgan fingerprint density at radius 1 is 0.952 bits per heavy atom. The Balaban J connectivity index is 2.66. The largest absolute Gasteiger partial charge is 0.313 e. The third kappa shape index (κ3) is 3.67. The first kappa shape index (κ1) is 16.9. The molecule has 0 unspecified atom stereocenters. The summed E-state index contributed by atoms with van der Waals surface area (Å²) >= 11 is 24.9. The molecule has 2 aromatic carbocycles. The minimum atomic E-state index is 0.327. The third-order valence-corrected chi connectivity index (χ3v) is 4.77. The average Bonchev–Trinajstić information content (AvgIpc) is 2.44. The van der Waals surface area contributed by atoms with Crippen molar-refractivity contribution < 1.29 is 0 Å². The molecule has 112 valence electrons. The first-order chi connectivity index (χ1) is 9.95. The summed E-state index contributed by atoms with van der Waals surface area (Å²) < 4.78 is 0. The van der Waals surface area contributed by atoms with E-state index in [0.29, 0.717) is 20.1 Å². The van der Waals surface area contributed by atoms with Gasteiger partial charge in [0.15, 0.2) is 0 Å². The normalized spacial score (nSPS) is 11.0. The van der Waals surface area contributed by atoms with E-state index in [0.717, 1.165) is 35.3 Å². The van der Waals surface area contributed by atoms with Crippen LogP contribution in [0.15, 0.2) is 24.3 Å². The highest BCUT2D eigenvalue weighted by Crippen LogP contribution is 2.44. The van der Waals surface area contributed by atoms with E-state index in [1.165, 1.54) is 0 Å². The summed E-state index contributed by atoms with van der Waals surface area (Å²) in [5.74, 6) is 0. The Morgan fingerprint density at radius 2 is 1.67 bits per heavy atom. The Labute approximate surface area is 145 Å². The average molecular weight is 363 g/mol. The Hall–Kier alpha value is -0.440. The molecule has 0 radical (unpaired) electrons. The Morgan fingerprint density at radius 3 is 2.33 bits per heavy atom. The standard InChI is InChI=1S/C16H15Cl4N/c1-3-21-8-10-5-4-9(2)6-11(10)14-12(17)7-13(18)15(19)16(14)20/h4-7,21H,3,8H2,1-2H3. The van der Waals surface area contributed by atoms with Gasteiger partial charge < -0.3 is 5.32 Å². The van der Waals surface area contributed by atoms with Crippen molar-refractivity contribution in [2.75, 3.05) is 6.54 Å². The highest BCUT2D eigenvalue weighted by Gasteiger charge is 2.17. The number of rotatable bonds is 4. The zero-order valence-electron chi connectivity index (χ0n) is 11.7. The van der Waals surface area contributed by atoms with Crippen LogP contribution in [-0.2, 0) is 6.54 Å². The second-order valence-corrected chi connectivity index (χ2v) is 6.35. The fourth-order valence-corrected chi connectivity index (χ4v) is 3.27. The molecule has 0 fully saturated rings. The second-order valence-electron chi connectivity index (χ2n) is 4.78. The van der Waals surface area contributed by atoms with Crippen LogP contribution in [0.3, 0.4) is 0 Å². The lowest BCUT2D eigenvalue weighted by Crippen LogP contribution is -2.12. The molecule has 21 heavy (non-hydrogen) atoms. The minimum absolute atomic E-state index is 0.327. The van der Waals surface area contributed by atoms with Crippen LogP contribution in [0.2, 0.25) is 20.1 Å². The number of hydrogen-bond donors (Lipinski definition) is 1. The van der Waals surface area contributed by atoms with Crippen LogP contribution in [0.1, 0.15) is 18.1 Å². The summed E-state index contributed by atoms with van der Waals surface area (Å²) in [7, 11) is 0. The number of halogens is 4. The molecule has 0 saturated carbocycles. The van der Waals surface area contributed by atoms with Crippen molar-refractivity contribution in [2.24, 2.45) is 0 Å². The molecular formula is C16H15Cl4N. The summed E-state index contributed by atoms with van der Waals surface area (Å²) in [6.07, 6.45) is 0. The fourth-order valence-electron chi connectivity index (χ4n) is 2.15. The number of hydrogen-bond acceptors (Lipinski definition) is 1. The van der Waals surface area contributed by atoms with Crippen molar-refractivity contribution >= 4 is 46.4 Å². The maximum atomic E-state index is 6.38. The van der Waals surface area contributed by atoms with E-state index in [4.69, 9.17) is 46.4 Å². The molecule has 0 aliphatic heterocycles. The van der Waals surface area contributed by atoms with Gasteiger partial charge in [-0.3, -0.25) is 0 Å². The number of benzene rings is 2. The molecule has 1 N–H and O–H groups in total. The number of aryl methyl sites for hydroxylation is 1. The molecule has 2 rings (SSSR count). The summed E-state index contributed by atoms with van der Waals surface area (Å²) in [6, 6.07) is 7.83. The molecule has 0 amide bonds. The van der Waals surface area contributed by atoms with Crippen LogP contribution in [0, 0.1) is 6.92 Å². The zero-order chi connectivity index (χ0) is 15.6. The zero-order valence-corrected chi connectivity index (χ0v) is 14.8. The van der Waals surface area contributed by atoms with Crippen LogP contribution in [0.5, 0.6) is 0 Å². The molecular weight excluding hydrogens is 348 g/mol. The quantitative estimate of drug-likeness (QED) is 0.491. The maximum Gasteiger partial charge on any atom is 0.0785 e. The molecule has 0 atom stereocenters. The third-order valence-electron chi connectivity index (χ3n) is 3.21. The van der Waals surface area contributed by atoms with Crippen LogP contribution >= 0.6 is 46.4 Å². The van der Waals surface area contributed by atoms with Gasteiger partial charge in [0.25, 0.3) is 0 Å². The van der Waals surface area contributed by atoms with Crippen molar-refractivity contribution in [1.29, 1.82) is 0 Å². The molecule has 0 aliphatic rings. The van der Waals surface area contributed by atoms with E-state index in [1.54, 1.807) is 6.07 Å². The molecule has 0 saturated heterocycles. The van der Waals surface area contributed by atoms with Gasteiger partial charge in [-0.15, -0.1) is 0 Å². The SMILES string of the molecule is CCNCc1ccc(C)cc1-c1c(Cl)cc(Cl)c(Cl)c1Cl. The second kappa shape index (κ2) is 7.21. The van der Waals surface area contributed by atoms with Gasteiger partial charge in [-0.05, 0) is 30.7 Å². The fraction of sp³-hybridized carbons (Fsp3) is 0.250. The monoisotopic (exact) mass is 361 g/mol. The van der Waals surface area contributed by atoms with E-state index in [1.807, 2.05) is 6.92 Å². The maximum absolute atomic E-state index is 6.38. The van der Waals surface area contributed by atoms with Gasteiger partial charge in [0.1, 0.15) is 0 Å². The molecule has 1 nitrogen and oxygen atoms in total. The van der Waals surface area contributed by atoms with E-state index in [-0.39, 0.29) is 0 Å². The van der Waals surface area contributed by atoms with Gasteiger partial charge in [0, 0.05) is 12.1 Å². The van der Waals surface area contributed by atoms with Gasteiger partial charge in [0.05, 0.1) is 20.1 Å². The molecule has 0 heterocycles. The lowest BCUT2D eigenvalue weighted by Gasteiger charge is -2.15. The van der Waals surface area contributed by atoms with E-state index in [2.05, 4.69) is 30.4 Å². The highest BCUT2D eigenvalue weighted by atomic mass is 35.5. The van der Waals surface area contributed by atoms with Gasteiger partial charge in [-0.25, -0.2) is 0 Å². The molecule has 0 aliphatic carbocycles. The van der Waals surface area contributed by atoms with Crippen molar-refractivity contribution in [3.8, 4) is 11.1 Å². The minimum Gasteiger partial charge on any atom is -0.313 e. The van der Waals surface area contributed by atoms with Crippen LogP contribution in [-0.4, -0.2) is 6.54 Å². The molecule has 0 spiro atoms. The van der Waals surface area contributed by atoms with Crippen molar-refractivity contribution in [2.45, 2.75) is 20.4 Å². The van der Waals surface area contributed by atoms with Gasteiger partial charge >= 0.3 is 0 Å². The molecule has 5 heteroatoms. The predicted molar refractivity (Wildman–Crippen MR) is 94.0 cm³/mol. The van der Waals surface area contributed by atoms with Gasteiger partial charge in [-0.2, -0.15) is 0 Å². The first-order valence-corrected chi connectivity index (χ1v) is 8.10. The molecule has 0 bridgehead atoms. The van der Waals surface area contributed by atoms with Gasteiger partial charge in [0.2, 0.25) is 0 Å². The van der Waals surface area contributed by atoms with Crippen LogP contribution in [0.25, 0.3) is 11.1 Å². The van der Waals surface area contributed by atoms with E-state index in [9.17, 15) is 0 Å². The van der Waals surface area contributed by atoms with Gasteiger partial charge in [-0.1, -0.05) is 77.1 Å². The van der Waals surface area contributed by atoms with Crippen LogP contribution < -0.4 is 5.32 Å². The lowest BCUT2D eigenvalue weighted by molar-refractivity contribution is 0.728.